The summed E-state index contributed by atoms with van der Waals surface area (Å²) in [6.07, 6.45) is 6.92. The average molecular weight is 310 g/mol. The van der Waals surface area contributed by atoms with Crippen molar-refractivity contribution in [3.05, 3.63) is 53.1 Å². The molecule has 0 unspecified atom stereocenters. The summed E-state index contributed by atoms with van der Waals surface area (Å²) in [6, 6.07) is 6.32. The lowest BCUT2D eigenvalue weighted by molar-refractivity contribution is 0.0533. The number of nitrogens with zero attached hydrogens (tertiary/aromatic N) is 3. The topological polar surface area (TPSA) is 52.2 Å². The van der Waals surface area contributed by atoms with E-state index in [1.165, 1.54) is 11.1 Å². The van der Waals surface area contributed by atoms with E-state index >= 15 is 0 Å². The van der Waals surface area contributed by atoms with Gasteiger partial charge in [-0.1, -0.05) is 12.1 Å². The Morgan fingerprint density at radius 1 is 1.30 bits per heavy atom. The van der Waals surface area contributed by atoms with Gasteiger partial charge in [0.2, 0.25) is 0 Å². The summed E-state index contributed by atoms with van der Waals surface area (Å²) in [5.74, 6) is 1.11. The van der Waals surface area contributed by atoms with E-state index in [9.17, 15) is 4.79 Å². The molecule has 1 amide bonds. The van der Waals surface area contributed by atoms with Crippen LogP contribution in [0.1, 0.15) is 39.8 Å². The molecule has 23 heavy (non-hydrogen) atoms. The summed E-state index contributed by atoms with van der Waals surface area (Å²) < 4.78 is 0. The van der Waals surface area contributed by atoms with Gasteiger partial charge in [-0.2, -0.15) is 0 Å². The van der Waals surface area contributed by atoms with Gasteiger partial charge in [-0.3, -0.25) is 9.69 Å². The van der Waals surface area contributed by atoms with Crippen molar-refractivity contribution < 1.29 is 4.79 Å². The third-order valence-corrected chi connectivity index (χ3v) is 5.15. The van der Waals surface area contributed by atoms with Gasteiger partial charge >= 0.3 is 0 Å². The van der Waals surface area contributed by atoms with Crippen molar-refractivity contribution in [3.8, 4) is 0 Å². The van der Waals surface area contributed by atoms with E-state index in [-0.39, 0.29) is 11.9 Å². The van der Waals surface area contributed by atoms with Gasteiger partial charge in [-0.25, -0.2) is 4.98 Å². The number of imidazole rings is 1. The molecular formula is C18H22N4O. The largest absolute Gasteiger partial charge is 0.347 e. The predicted molar refractivity (Wildman–Crippen MR) is 88.3 cm³/mol. The third-order valence-electron chi connectivity index (χ3n) is 5.15. The van der Waals surface area contributed by atoms with Crippen LogP contribution in [0.4, 0.5) is 0 Å². The Morgan fingerprint density at radius 2 is 2.22 bits per heavy atom. The predicted octanol–water partition coefficient (Wildman–Crippen LogP) is 2.03. The number of likely N-dealkylation sites (N-methyl/N-ethyl adjacent to an activating group) is 1. The fourth-order valence-corrected chi connectivity index (χ4v) is 3.80. The molecule has 4 rings (SSSR count). The van der Waals surface area contributed by atoms with Crippen LogP contribution in [0, 0.1) is 0 Å². The highest BCUT2D eigenvalue weighted by Crippen LogP contribution is 2.28. The van der Waals surface area contributed by atoms with Gasteiger partial charge in [0.25, 0.3) is 5.91 Å². The lowest BCUT2D eigenvalue weighted by atomic mass is 10.0. The Balaban J connectivity index is 1.59. The van der Waals surface area contributed by atoms with Gasteiger partial charge in [0.15, 0.2) is 0 Å². The lowest BCUT2D eigenvalue weighted by Crippen LogP contribution is -2.49. The minimum Gasteiger partial charge on any atom is -0.347 e. The molecule has 1 aliphatic heterocycles. The molecule has 0 saturated carbocycles. The second-order valence-corrected chi connectivity index (χ2v) is 6.52. The average Bonchev–Trinajstić information content (AvgIpc) is 3.25. The minimum absolute atomic E-state index is 0.138. The van der Waals surface area contributed by atoms with E-state index in [0.29, 0.717) is 6.54 Å². The zero-order valence-electron chi connectivity index (χ0n) is 13.5. The zero-order valence-corrected chi connectivity index (χ0v) is 13.5. The van der Waals surface area contributed by atoms with Crippen molar-refractivity contribution in [1.82, 2.24) is 19.8 Å². The standard InChI is InChI=1S/C18H22N4O/c1-21-10-11-22(12-16(21)17-19-8-9-20-17)18(23)15-7-3-5-13-4-2-6-14(13)15/h3,5,7-9,16H,2,4,6,10-12H2,1H3,(H,19,20)/t16-/m1/s1. The highest BCUT2D eigenvalue weighted by Gasteiger charge is 2.31. The zero-order chi connectivity index (χ0) is 15.8. The van der Waals surface area contributed by atoms with Crippen LogP contribution in [-0.2, 0) is 12.8 Å². The van der Waals surface area contributed by atoms with E-state index in [1.807, 2.05) is 23.2 Å². The number of H-pyrrole nitrogens is 1. The maximum absolute atomic E-state index is 13.1. The van der Waals surface area contributed by atoms with E-state index < -0.39 is 0 Å². The molecule has 2 aromatic rings. The van der Waals surface area contributed by atoms with Crippen molar-refractivity contribution >= 4 is 5.91 Å². The van der Waals surface area contributed by atoms with Gasteiger partial charge in [-0.05, 0) is 43.5 Å². The van der Waals surface area contributed by atoms with Crippen molar-refractivity contribution in [1.29, 1.82) is 0 Å². The quantitative estimate of drug-likeness (QED) is 0.923. The molecule has 1 aromatic heterocycles. The maximum Gasteiger partial charge on any atom is 0.254 e. The number of hydrogen-bond acceptors (Lipinski definition) is 3. The molecule has 1 N–H and O–H groups in total. The van der Waals surface area contributed by atoms with E-state index in [2.05, 4.69) is 28.0 Å². The number of fused-ring (bicyclic) bond motifs is 1. The molecule has 1 atom stereocenters. The lowest BCUT2D eigenvalue weighted by Gasteiger charge is -2.38. The first kappa shape index (κ1) is 14.5. The van der Waals surface area contributed by atoms with Crippen LogP contribution in [-0.4, -0.2) is 52.4 Å². The number of piperazine rings is 1. The van der Waals surface area contributed by atoms with Gasteiger partial charge < -0.3 is 9.88 Å². The number of carbonyl (C=O) groups is 1. The van der Waals surface area contributed by atoms with Crippen molar-refractivity contribution in [2.75, 3.05) is 26.7 Å². The SMILES string of the molecule is CN1CCN(C(=O)c2cccc3c2CCC3)C[C@@H]1c1ncc[nH]1. The molecule has 5 nitrogen and oxygen atoms in total. The highest BCUT2D eigenvalue weighted by atomic mass is 16.2. The Labute approximate surface area is 136 Å². The number of amides is 1. The Hall–Kier alpha value is -2.14. The third kappa shape index (κ3) is 2.55. The summed E-state index contributed by atoms with van der Waals surface area (Å²) >= 11 is 0. The fourth-order valence-electron chi connectivity index (χ4n) is 3.80. The number of aryl methyl sites for hydroxylation is 1. The van der Waals surface area contributed by atoms with E-state index in [0.717, 1.165) is 43.7 Å². The Bertz CT molecular complexity index is 710. The summed E-state index contributed by atoms with van der Waals surface area (Å²) in [4.78, 5) is 24.9. The first-order valence-electron chi connectivity index (χ1n) is 8.33. The van der Waals surface area contributed by atoms with Crippen LogP contribution in [0.5, 0.6) is 0 Å². The first-order chi connectivity index (χ1) is 11.2. The van der Waals surface area contributed by atoms with Gasteiger partial charge in [0, 0.05) is 37.6 Å². The molecule has 5 heteroatoms. The van der Waals surface area contributed by atoms with Gasteiger partial charge in [0.1, 0.15) is 5.82 Å². The summed E-state index contributed by atoms with van der Waals surface area (Å²) in [5.41, 5.74) is 3.53. The molecule has 1 fully saturated rings. The Kier molecular flexibility index (Phi) is 3.65. The van der Waals surface area contributed by atoms with Crippen LogP contribution in [0.25, 0.3) is 0 Å². The maximum atomic E-state index is 13.1. The fraction of sp³-hybridized carbons (Fsp3) is 0.444. The smallest absolute Gasteiger partial charge is 0.254 e. The van der Waals surface area contributed by atoms with E-state index in [4.69, 9.17) is 0 Å². The number of aromatic amines is 1. The molecule has 0 bridgehead atoms. The number of benzene rings is 1. The van der Waals surface area contributed by atoms with Crippen LogP contribution in [0.15, 0.2) is 30.6 Å². The summed E-state index contributed by atoms with van der Waals surface area (Å²) in [5, 5.41) is 0. The molecule has 2 heterocycles. The first-order valence-corrected chi connectivity index (χ1v) is 8.33. The molecule has 0 spiro atoms. The van der Waals surface area contributed by atoms with Crippen LogP contribution < -0.4 is 0 Å². The normalized spacial score (nSPS) is 21.4. The van der Waals surface area contributed by atoms with Gasteiger partial charge in [-0.15, -0.1) is 0 Å². The van der Waals surface area contributed by atoms with Crippen LogP contribution in [0.2, 0.25) is 0 Å². The van der Waals surface area contributed by atoms with Crippen molar-refractivity contribution in [2.45, 2.75) is 25.3 Å². The second-order valence-electron chi connectivity index (χ2n) is 6.52. The van der Waals surface area contributed by atoms with E-state index in [1.54, 1.807) is 6.20 Å². The minimum atomic E-state index is 0.138. The second kappa shape index (κ2) is 5.81. The molecule has 1 saturated heterocycles. The monoisotopic (exact) mass is 310 g/mol. The van der Waals surface area contributed by atoms with Crippen molar-refractivity contribution in [2.24, 2.45) is 0 Å². The van der Waals surface area contributed by atoms with Crippen LogP contribution >= 0.6 is 0 Å². The number of carbonyl (C=O) groups excluding carboxylic acids is 1. The van der Waals surface area contributed by atoms with Crippen molar-refractivity contribution in [3.63, 3.8) is 0 Å². The Morgan fingerprint density at radius 3 is 3.04 bits per heavy atom. The number of aromatic nitrogens is 2. The molecule has 120 valence electrons. The molecular weight excluding hydrogens is 288 g/mol. The highest BCUT2D eigenvalue weighted by molar-refractivity contribution is 5.96. The summed E-state index contributed by atoms with van der Waals surface area (Å²) in [7, 11) is 2.09. The summed E-state index contributed by atoms with van der Waals surface area (Å²) in [6.45, 7) is 2.33. The molecule has 1 aliphatic carbocycles. The van der Waals surface area contributed by atoms with Crippen LogP contribution in [0.3, 0.4) is 0 Å². The number of rotatable bonds is 2. The molecule has 2 aliphatic rings. The van der Waals surface area contributed by atoms with Gasteiger partial charge in [0.05, 0.1) is 6.04 Å². The number of nitrogens with one attached hydrogen (secondary N) is 1. The molecule has 1 aromatic carbocycles. The number of hydrogen-bond donors (Lipinski definition) is 1. The molecule has 0 radical (unpaired) electrons.